The first kappa shape index (κ1) is 16.1. The predicted octanol–water partition coefficient (Wildman–Crippen LogP) is 3.00. The number of unbranched alkanes of at least 4 members (excludes halogenated alkanes) is 3. The molecule has 6 heteroatoms. The second-order valence-electron chi connectivity index (χ2n) is 4.34. The largest absolute Gasteiger partial charge is 0.396 e. The molecule has 0 radical (unpaired) electrons. The maximum Gasteiger partial charge on any atom is 0.275 e. The van der Waals surface area contributed by atoms with Crippen molar-refractivity contribution in [3.63, 3.8) is 0 Å². The molecule has 2 N–H and O–H groups in total. The van der Waals surface area contributed by atoms with Gasteiger partial charge in [0, 0.05) is 29.3 Å². The number of rotatable bonds is 9. The SMILES string of the molecule is O=[N+]([O-])c1cc(Br)ccc1CNCCCCCCO. The normalized spacial score (nSPS) is 10.6. The average molecular weight is 331 g/mol. The molecule has 0 saturated heterocycles. The van der Waals surface area contributed by atoms with Crippen LogP contribution in [0.15, 0.2) is 22.7 Å². The number of hydrogen-bond acceptors (Lipinski definition) is 4. The zero-order chi connectivity index (χ0) is 14.1. The molecule has 0 unspecified atom stereocenters. The molecule has 0 aromatic heterocycles. The number of nitro benzene ring substituents is 1. The van der Waals surface area contributed by atoms with Crippen molar-refractivity contribution in [1.29, 1.82) is 0 Å². The van der Waals surface area contributed by atoms with E-state index in [1.807, 2.05) is 6.07 Å². The fraction of sp³-hybridized carbons (Fsp3) is 0.538. The van der Waals surface area contributed by atoms with Crippen molar-refractivity contribution in [1.82, 2.24) is 5.32 Å². The third kappa shape index (κ3) is 6.13. The van der Waals surface area contributed by atoms with Gasteiger partial charge in [0.1, 0.15) is 0 Å². The van der Waals surface area contributed by atoms with Crippen molar-refractivity contribution in [3.05, 3.63) is 38.3 Å². The summed E-state index contributed by atoms with van der Waals surface area (Å²) < 4.78 is 0.715. The van der Waals surface area contributed by atoms with Gasteiger partial charge < -0.3 is 10.4 Å². The summed E-state index contributed by atoms with van der Waals surface area (Å²) >= 11 is 3.24. The summed E-state index contributed by atoms with van der Waals surface area (Å²) in [5, 5.41) is 22.8. The van der Waals surface area contributed by atoms with E-state index in [-0.39, 0.29) is 17.2 Å². The van der Waals surface area contributed by atoms with Gasteiger partial charge in [-0.25, -0.2) is 0 Å². The zero-order valence-corrected chi connectivity index (χ0v) is 12.4. The summed E-state index contributed by atoms with van der Waals surface area (Å²) in [6, 6.07) is 5.10. The van der Waals surface area contributed by atoms with Gasteiger partial charge in [-0.2, -0.15) is 0 Å². The first-order chi connectivity index (χ1) is 9.15. The van der Waals surface area contributed by atoms with Crippen LogP contribution < -0.4 is 5.32 Å². The Bertz CT molecular complexity index is 413. The van der Waals surface area contributed by atoms with Crippen LogP contribution in [0.3, 0.4) is 0 Å². The van der Waals surface area contributed by atoms with Crippen molar-refractivity contribution >= 4 is 21.6 Å². The maximum absolute atomic E-state index is 10.9. The van der Waals surface area contributed by atoms with Crippen molar-refractivity contribution in [2.45, 2.75) is 32.2 Å². The minimum absolute atomic E-state index is 0.141. The molecule has 5 nitrogen and oxygen atoms in total. The van der Waals surface area contributed by atoms with E-state index in [1.165, 1.54) is 6.07 Å². The Labute approximate surface area is 121 Å². The summed E-state index contributed by atoms with van der Waals surface area (Å²) in [6.45, 7) is 1.58. The van der Waals surface area contributed by atoms with E-state index < -0.39 is 0 Å². The molecule has 1 rings (SSSR count). The van der Waals surface area contributed by atoms with Crippen LogP contribution in [-0.2, 0) is 6.54 Å². The molecular weight excluding hydrogens is 312 g/mol. The van der Waals surface area contributed by atoms with E-state index >= 15 is 0 Å². The standard InChI is InChI=1S/C13H19BrN2O3/c14-12-6-5-11(13(9-12)16(18)19)10-15-7-3-1-2-4-8-17/h5-6,9,15,17H,1-4,7-8,10H2. The van der Waals surface area contributed by atoms with Gasteiger partial charge in [0.2, 0.25) is 0 Å². The number of halogens is 1. The molecule has 0 saturated carbocycles. The van der Waals surface area contributed by atoms with Gasteiger partial charge in [0.05, 0.1) is 4.92 Å². The molecular formula is C13H19BrN2O3. The molecule has 0 spiro atoms. The zero-order valence-electron chi connectivity index (χ0n) is 10.8. The van der Waals surface area contributed by atoms with Gasteiger partial charge in [-0.3, -0.25) is 10.1 Å². The summed E-state index contributed by atoms with van der Waals surface area (Å²) in [5.74, 6) is 0. The van der Waals surface area contributed by atoms with Gasteiger partial charge in [0.15, 0.2) is 0 Å². The van der Waals surface area contributed by atoms with E-state index in [1.54, 1.807) is 6.07 Å². The molecule has 0 atom stereocenters. The number of benzene rings is 1. The Kier molecular flexibility index (Phi) is 7.62. The lowest BCUT2D eigenvalue weighted by molar-refractivity contribution is -0.385. The molecule has 0 aliphatic heterocycles. The second-order valence-corrected chi connectivity index (χ2v) is 5.26. The first-order valence-electron chi connectivity index (χ1n) is 6.39. The molecule has 106 valence electrons. The molecule has 1 aromatic carbocycles. The number of nitro groups is 1. The van der Waals surface area contributed by atoms with E-state index in [9.17, 15) is 10.1 Å². The molecule has 1 aromatic rings. The molecule has 0 aliphatic rings. The van der Waals surface area contributed by atoms with Crippen LogP contribution >= 0.6 is 15.9 Å². The summed E-state index contributed by atoms with van der Waals surface area (Å²) in [4.78, 5) is 10.6. The van der Waals surface area contributed by atoms with Gasteiger partial charge in [-0.05, 0) is 31.5 Å². The van der Waals surface area contributed by atoms with Gasteiger partial charge in [-0.15, -0.1) is 0 Å². The lowest BCUT2D eigenvalue weighted by Gasteiger charge is -2.06. The van der Waals surface area contributed by atoms with Crippen molar-refractivity contribution in [3.8, 4) is 0 Å². The Morgan fingerprint density at radius 2 is 2.00 bits per heavy atom. The molecule has 0 aliphatic carbocycles. The fourth-order valence-electron chi connectivity index (χ4n) is 1.79. The summed E-state index contributed by atoms with van der Waals surface area (Å²) in [5.41, 5.74) is 0.839. The lowest BCUT2D eigenvalue weighted by atomic mass is 10.1. The van der Waals surface area contributed by atoms with Crippen molar-refractivity contribution < 1.29 is 10.0 Å². The number of nitrogens with one attached hydrogen (secondary N) is 1. The van der Waals surface area contributed by atoms with Crippen LogP contribution in [0.4, 0.5) is 5.69 Å². The van der Waals surface area contributed by atoms with Crippen LogP contribution in [0.25, 0.3) is 0 Å². The minimum atomic E-state index is -0.358. The van der Waals surface area contributed by atoms with Crippen LogP contribution in [0, 0.1) is 10.1 Å². The van der Waals surface area contributed by atoms with Crippen LogP contribution in [-0.4, -0.2) is 23.2 Å². The minimum Gasteiger partial charge on any atom is -0.396 e. The molecule has 0 bridgehead atoms. The highest BCUT2D eigenvalue weighted by Crippen LogP contribution is 2.23. The topological polar surface area (TPSA) is 75.4 Å². The van der Waals surface area contributed by atoms with Crippen molar-refractivity contribution in [2.75, 3.05) is 13.2 Å². The molecule has 0 fully saturated rings. The third-order valence-corrected chi connectivity index (χ3v) is 3.31. The Hall–Kier alpha value is -0.980. The van der Waals surface area contributed by atoms with E-state index in [2.05, 4.69) is 21.2 Å². The summed E-state index contributed by atoms with van der Waals surface area (Å²) in [7, 11) is 0. The molecule has 0 heterocycles. The Morgan fingerprint density at radius 1 is 1.26 bits per heavy atom. The van der Waals surface area contributed by atoms with E-state index in [0.717, 1.165) is 32.2 Å². The van der Waals surface area contributed by atoms with E-state index in [4.69, 9.17) is 5.11 Å². The monoisotopic (exact) mass is 330 g/mol. The number of aliphatic hydroxyl groups is 1. The van der Waals surface area contributed by atoms with Crippen LogP contribution in [0.5, 0.6) is 0 Å². The smallest absolute Gasteiger partial charge is 0.275 e. The number of nitrogens with zero attached hydrogens (tertiary/aromatic N) is 1. The number of hydrogen-bond donors (Lipinski definition) is 2. The van der Waals surface area contributed by atoms with Gasteiger partial charge >= 0.3 is 0 Å². The maximum atomic E-state index is 10.9. The van der Waals surface area contributed by atoms with Gasteiger partial charge in [-0.1, -0.05) is 28.8 Å². The third-order valence-electron chi connectivity index (χ3n) is 2.82. The first-order valence-corrected chi connectivity index (χ1v) is 7.19. The molecule has 0 amide bonds. The Morgan fingerprint density at radius 3 is 2.68 bits per heavy atom. The number of aliphatic hydroxyl groups excluding tert-OH is 1. The molecule has 19 heavy (non-hydrogen) atoms. The van der Waals surface area contributed by atoms with E-state index in [0.29, 0.717) is 16.6 Å². The van der Waals surface area contributed by atoms with Crippen LogP contribution in [0.1, 0.15) is 31.2 Å². The quantitative estimate of drug-likeness (QED) is 0.414. The average Bonchev–Trinajstić information content (AvgIpc) is 2.39. The highest BCUT2D eigenvalue weighted by atomic mass is 79.9. The fourth-order valence-corrected chi connectivity index (χ4v) is 2.14. The highest BCUT2D eigenvalue weighted by molar-refractivity contribution is 9.10. The van der Waals surface area contributed by atoms with Crippen LogP contribution in [0.2, 0.25) is 0 Å². The van der Waals surface area contributed by atoms with Gasteiger partial charge in [0.25, 0.3) is 5.69 Å². The predicted molar refractivity (Wildman–Crippen MR) is 78.1 cm³/mol. The highest BCUT2D eigenvalue weighted by Gasteiger charge is 2.13. The second kappa shape index (κ2) is 9.01. The van der Waals surface area contributed by atoms with Crippen molar-refractivity contribution in [2.24, 2.45) is 0 Å². The lowest BCUT2D eigenvalue weighted by Crippen LogP contribution is -2.15. The Balaban J connectivity index is 2.35. The summed E-state index contributed by atoms with van der Waals surface area (Å²) in [6.07, 6.45) is 3.95.